The topological polar surface area (TPSA) is 35.5 Å². The molecule has 0 spiro atoms. The summed E-state index contributed by atoms with van der Waals surface area (Å²) in [6.07, 6.45) is 5.35. The average molecular weight is 248 g/mol. The van der Waals surface area contributed by atoms with Crippen LogP contribution in [0, 0.1) is 6.92 Å². The van der Waals surface area contributed by atoms with Gasteiger partial charge in [0, 0.05) is 6.08 Å². The van der Waals surface area contributed by atoms with Gasteiger partial charge in [0.15, 0.2) is 0 Å². The van der Waals surface area contributed by atoms with Gasteiger partial charge in [0.2, 0.25) is 0 Å². The Morgan fingerprint density at radius 1 is 1.39 bits per heavy atom. The van der Waals surface area contributed by atoms with Crippen LogP contribution >= 0.6 is 0 Å². The van der Waals surface area contributed by atoms with E-state index in [0.29, 0.717) is 0 Å². The highest BCUT2D eigenvalue weighted by molar-refractivity contribution is 5.87. The van der Waals surface area contributed by atoms with Crippen LogP contribution in [0.4, 0.5) is 0 Å². The molecule has 0 aromatic heterocycles. The minimum absolute atomic E-state index is 0.349. The SMILES string of the molecule is CCCCOc1ccc(/C=C/C(=O)OC)c(C)c1. The van der Waals surface area contributed by atoms with E-state index in [9.17, 15) is 4.79 Å². The summed E-state index contributed by atoms with van der Waals surface area (Å²) in [4.78, 5) is 11.0. The van der Waals surface area contributed by atoms with E-state index >= 15 is 0 Å². The zero-order valence-corrected chi connectivity index (χ0v) is 11.2. The Morgan fingerprint density at radius 3 is 2.78 bits per heavy atom. The normalized spacial score (nSPS) is 10.6. The molecule has 0 unspecified atom stereocenters. The van der Waals surface area contributed by atoms with Gasteiger partial charge in [-0.05, 0) is 42.7 Å². The summed E-state index contributed by atoms with van der Waals surface area (Å²) in [5.41, 5.74) is 2.06. The highest BCUT2D eigenvalue weighted by atomic mass is 16.5. The fraction of sp³-hybridized carbons (Fsp3) is 0.400. The van der Waals surface area contributed by atoms with E-state index in [4.69, 9.17) is 4.74 Å². The Balaban J connectivity index is 2.67. The monoisotopic (exact) mass is 248 g/mol. The number of esters is 1. The first-order valence-corrected chi connectivity index (χ1v) is 6.17. The number of rotatable bonds is 6. The van der Waals surface area contributed by atoms with Crippen molar-refractivity contribution in [1.82, 2.24) is 0 Å². The molecule has 1 rings (SSSR count). The molecule has 1 aromatic rings. The van der Waals surface area contributed by atoms with Crippen LogP contribution in [0.25, 0.3) is 6.08 Å². The maximum Gasteiger partial charge on any atom is 0.330 e. The second-order valence-corrected chi connectivity index (χ2v) is 4.08. The van der Waals surface area contributed by atoms with Crippen LogP contribution in [0.5, 0.6) is 5.75 Å². The molecule has 3 heteroatoms. The Kier molecular flexibility index (Phi) is 5.98. The van der Waals surface area contributed by atoms with Gasteiger partial charge in [-0.3, -0.25) is 0 Å². The molecule has 0 saturated carbocycles. The molecule has 0 amide bonds. The molecule has 0 N–H and O–H groups in total. The van der Waals surface area contributed by atoms with Crippen molar-refractivity contribution in [2.45, 2.75) is 26.7 Å². The number of ether oxygens (including phenoxy) is 2. The third-order valence-corrected chi connectivity index (χ3v) is 2.61. The van der Waals surface area contributed by atoms with E-state index < -0.39 is 0 Å². The lowest BCUT2D eigenvalue weighted by Crippen LogP contribution is -1.97. The van der Waals surface area contributed by atoms with Gasteiger partial charge < -0.3 is 9.47 Å². The van der Waals surface area contributed by atoms with Crippen LogP contribution in [-0.4, -0.2) is 19.7 Å². The van der Waals surface area contributed by atoms with E-state index in [1.807, 2.05) is 25.1 Å². The maximum atomic E-state index is 11.0. The average Bonchev–Trinajstić information content (AvgIpc) is 2.37. The predicted octanol–water partition coefficient (Wildman–Crippen LogP) is 3.36. The standard InChI is InChI=1S/C15H20O3/c1-4-5-10-18-14-8-6-13(12(2)11-14)7-9-15(16)17-3/h6-9,11H,4-5,10H2,1-3H3/b9-7+. The summed E-state index contributed by atoms with van der Waals surface area (Å²) in [6.45, 7) is 4.87. The predicted molar refractivity (Wildman–Crippen MR) is 72.6 cm³/mol. The molecule has 0 saturated heterocycles. The van der Waals surface area contributed by atoms with Crippen LogP contribution in [0.15, 0.2) is 24.3 Å². The fourth-order valence-electron chi connectivity index (χ4n) is 1.49. The number of benzene rings is 1. The number of hydrogen-bond acceptors (Lipinski definition) is 3. The third-order valence-electron chi connectivity index (χ3n) is 2.61. The highest BCUT2D eigenvalue weighted by Gasteiger charge is 1.99. The number of unbranched alkanes of at least 4 members (excludes halogenated alkanes) is 1. The van der Waals surface area contributed by atoms with Gasteiger partial charge in [-0.15, -0.1) is 0 Å². The number of methoxy groups -OCH3 is 1. The molecule has 0 radical (unpaired) electrons. The largest absolute Gasteiger partial charge is 0.494 e. The lowest BCUT2D eigenvalue weighted by atomic mass is 10.1. The summed E-state index contributed by atoms with van der Waals surface area (Å²) >= 11 is 0. The van der Waals surface area contributed by atoms with E-state index in [1.54, 1.807) is 6.08 Å². The summed E-state index contributed by atoms with van der Waals surface area (Å²) < 4.78 is 10.2. The lowest BCUT2D eigenvalue weighted by Gasteiger charge is -2.07. The number of hydrogen-bond donors (Lipinski definition) is 0. The van der Waals surface area contributed by atoms with E-state index in [0.717, 1.165) is 36.3 Å². The molecule has 98 valence electrons. The summed E-state index contributed by atoms with van der Waals surface area (Å²) in [5.74, 6) is 0.522. The third kappa shape index (κ3) is 4.62. The van der Waals surface area contributed by atoms with Crippen molar-refractivity contribution in [3.05, 3.63) is 35.4 Å². The minimum Gasteiger partial charge on any atom is -0.494 e. The molecule has 0 bridgehead atoms. The molecule has 0 atom stereocenters. The zero-order chi connectivity index (χ0) is 13.4. The van der Waals surface area contributed by atoms with Gasteiger partial charge in [0.25, 0.3) is 0 Å². The van der Waals surface area contributed by atoms with Crippen LogP contribution in [0.2, 0.25) is 0 Å². The number of aryl methyl sites for hydroxylation is 1. The maximum absolute atomic E-state index is 11.0. The molecule has 18 heavy (non-hydrogen) atoms. The zero-order valence-electron chi connectivity index (χ0n) is 11.2. The van der Waals surface area contributed by atoms with Crippen LogP contribution in [0.3, 0.4) is 0 Å². The van der Waals surface area contributed by atoms with Gasteiger partial charge in [0.1, 0.15) is 5.75 Å². The first kappa shape index (κ1) is 14.3. The van der Waals surface area contributed by atoms with Crippen molar-refractivity contribution >= 4 is 12.0 Å². The molecule has 0 fully saturated rings. The van der Waals surface area contributed by atoms with Crippen molar-refractivity contribution in [3.8, 4) is 5.75 Å². The molecular weight excluding hydrogens is 228 g/mol. The molecular formula is C15H20O3. The van der Waals surface area contributed by atoms with Crippen LogP contribution in [0.1, 0.15) is 30.9 Å². The van der Waals surface area contributed by atoms with Crippen molar-refractivity contribution in [1.29, 1.82) is 0 Å². The van der Waals surface area contributed by atoms with Crippen molar-refractivity contribution < 1.29 is 14.3 Å². The van der Waals surface area contributed by atoms with Gasteiger partial charge >= 0.3 is 5.97 Å². The molecule has 1 aromatic carbocycles. The summed E-state index contributed by atoms with van der Waals surface area (Å²) in [5, 5.41) is 0. The highest BCUT2D eigenvalue weighted by Crippen LogP contribution is 2.18. The number of carbonyl (C=O) groups is 1. The molecule has 0 aliphatic rings. The van der Waals surface area contributed by atoms with Crippen molar-refractivity contribution in [3.63, 3.8) is 0 Å². The Bertz CT molecular complexity index is 422. The van der Waals surface area contributed by atoms with Crippen LogP contribution < -0.4 is 4.74 Å². The second-order valence-electron chi connectivity index (χ2n) is 4.08. The van der Waals surface area contributed by atoms with Crippen LogP contribution in [-0.2, 0) is 9.53 Å². The summed E-state index contributed by atoms with van der Waals surface area (Å²) in [7, 11) is 1.37. The fourth-order valence-corrected chi connectivity index (χ4v) is 1.49. The van der Waals surface area contributed by atoms with Gasteiger partial charge in [-0.2, -0.15) is 0 Å². The molecule has 3 nitrogen and oxygen atoms in total. The Labute approximate surface area is 108 Å². The molecule has 0 aliphatic heterocycles. The van der Waals surface area contributed by atoms with Crippen molar-refractivity contribution in [2.75, 3.05) is 13.7 Å². The Hall–Kier alpha value is -1.77. The minimum atomic E-state index is -0.349. The van der Waals surface area contributed by atoms with E-state index in [-0.39, 0.29) is 5.97 Å². The second kappa shape index (κ2) is 7.54. The summed E-state index contributed by atoms with van der Waals surface area (Å²) in [6, 6.07) is 5.84. The molecule has 0 aliphatic carbocycles. The smallest absolute Gasteiger partial charge is 0.330 e. The van der Waals surface area contributed by atoms with Gasteiger partial charge in [0.05, 0.1) is 13.7 Å². The quantitative estimate of drug-likeness (QED) is 0.440. The molecule has 0 heterocycles. The number of carbonyl (C=O) groups excluding carboxylic acids is 1. The first-order valence-electron chi connectivity index (χ1n) is 6.17. The van der Waals surface area contributed by atoms with E-state index in [1.165, 1.54) is 13.2 Å². The first-order chi connectivity index (χ1) is 8.67. The lowest BCUT2D eigenvalue weighted by molar-refractivity contribution is -0.134. The van der Waals surface area contributed by atoms with Gasteiger partial charge in [-0.1, -0.05) is 19.4 Å². The van der Waals surface area contributed by atoms with E-state index in [2.05, 4.69) is 11.7 Å². The Morgan fingerprint density at radius 2 is 2.17 bits per heavy atom. The van der Waals surface area contributed by atoms with Crippen molar-refractivity contribution in [2.24, 2.45) is 0 Å². The van der Waals surface area contributed by atoms with Gasteiger partial charge in [-0.25, -0.2) is 4.79 Å².